The van der Waals surface area contributed by atoms with Crippen LogP contribution in [-0.2, 0) is 0 Å². The number of benzene rings is 2. The monoisotopic (exact) mass is 383 g/mol. The summed E-state index contributed by atoms with van der Waals surface area (Å²) >= 11 is 0. The first kappa shape index (κ1) is 18.1. The van der Waals surface area contributed by atoms with Crippen molar-refractivity contribution in [1.82, 2.24) is 14.8 Å². The minimum atomic E-state index is -0.522. The Balaban J connectivity index is 1.70. The van der Waals surface area contributed by atoms with Gasteiger partial charge in [0.1, 0.15) is 5.69 Å². The third-order valence-corrected chi connectivity index (χ3v) is 4.34. The van der Waals surface area contributed by atoms with Gasteiger partial charge in [0.05, 0.1) is 11.3 Å². The Bertz CT molecular complexity index is 1150. The number of nitrogens with two attached hydrogens (primary N) is 1. The maximum absolute atomic E-state index is 13.0. The van der Waals surface area contributed by atoms with Crippen LogP contribution in [0.4, 0.5) is 5.69 Å². The van der Waals surface area contributed by atoms with E-state index in [-0.39, 0.29) is 5.91 Å². The quantitative estimate of drug-likeness (QED) is 0.552. The van der Waals surface area contributed by atoms with E-state index < -0.39 is 5.91 Å². The summed E-state index contributed by atoms with van der Waals surface area (Å²) in [4.78, 5) is 28.3. The molecule has 4 aromatic rings. The first-order valence-corrected chi connectivity index (χ1v) is 8.88. The molecule has 0 atom stereocenters. The van der Waals surface area contributed by atoms with E-state index in [4.69, 9.17) is 5.73 Å². The van der Waals surface area contributed by atoms with Gasteiger partial charge in [0.25, 0.3) is 5.91 Å². The van der Waals surface area contributed by atoms with Crippen LogP contribution in [0.25, 0.3) is 16.9 Å². The van der Waals surface area contributed by atoms with Gasteiger partial charge in [-0.2, -0.15) is 5.10 Å². The van der Waals surface area contributed by atoms with Crippen LogP contribution >= 0.6 is 0 Å². The van der Waals surface area contributed by atoms with E-state index in [1.54, 1.807) is 53.6 Å². The fourth-order valence-corrected chi connectivity index (χ4v) is 2.89. The van der Waals surface area contributed by atoms with Crippen LogP contribution in [0.3, 0.4) is 0 Å². The summed E-state index contributed by atoms with van der Waals surface area (Å²) in [5.41, 5.74) is 8.67. The molecule has 0 radical (unpaired) electrons. The van der Waals surface area contributed by atoms with Gasteiger partial charge < -0.3 is 11.1 Å². The van der Waals surface area contributed by atoms with Crippen LogP contribution in [0.15, 0.2) is 85.3 Å². The SMILES string of the molecule is NC(=O)c1ccc(NC(=O)c2cn(-c3ccccc3)nc2-c2cccnc2)cc1. The standard InChI is InChI=1S/C22H17N5O2/c23-21(28)15-8-10-17(11-9-15)25-22(29)19-14-27(18-6-2-1-3-7-18)26-20(19)16-5-4-12-24-13-16/h1-14H,(H2,23,28)(H,25,29). The highest BCUT2D eigenvalue weighted by Gasteiger charge is 2.19. The number of amides is 2. The molecule has 0 unspecified atom stereocenters. The van der Waals surface area contributed by atoms with E-state index in [0.717, 1.165) is 11.3 Å². The zero-order valence-corrected chi connectivity index (χ0v) is 15.3. The minimum absolute atomic E-state index is 0.321. The van der Waals surface area contributed by atoms with Crippen LogP contribution < -0.4 is 11.1 Å². The summed E-state index contributed by atoms with van der Waals surface area (Å²) in [5, 5.41) is 7.44. The summed E-state index contributed by atoms with van der Waals surface area (Å²) in [6, 6.07) is 19.6. The molecule has 7 nitrogen and oxygen atoms in total. The van der Waals surface area contributed by atoms with E-state index in [0.29, 0.717) is 22.5 Å². The highest BCUT2D eigenvalue weighted by Crippen LogP contribution is 2.24. The largest absolute Gasteiger partial charge is 0.366 e. The first-order valence-electron chi connectivity index (χ1n) is 8.88. The van der Waals surface area contributed by atoms with Gasteiger partial charge >= 0.3 is 0 Å². The molecule has 0 spiro atoms. The van der Waals surface area contributed by atoms with Crippen molar-refractivity contribution in [3.63, 3.8) is 0 Å². The Morgan fingerprint density at radius 1 is 0.931 bits per heavy atom. The number of rotatable bonds is 5. The van der Waals surface area contributed by atoms with Crippen LogP contribution in [0.5, 0.6) is 0 Å². The lowest BCUT2D eigenvalue weighted by molar-refractivity contribution is 0.0998. The van der Waals surface area contributed by atoms with Crippen LogP contribution in [0.1, 0.15) is 20.7 Å². The molecule has 2 aromatic heterocycles. The minimum Gasteiger partial charge on any atom is -0.366 e. The van der Waals surface area contributed by atoms with E-state index in [2.05, 4.69) is 15.4 Å². The molecule has 2 amide bonds. The molecule has 142 valence electrons. The van der Waals surface area contributed by atoms with E-state index in [1.165, 1.54) is 0 Å². The van der Waals surface area contributed by atoms with E-state index in [1.807, 2.05) is 36.4 Å². The molecular formula is C22H17N5O2. The van der Waals surface area contributed by atoms with Crippen molar-refractivity contribution in [3.8, 4) is 16.9 Å². The van der Waals surface area contributed by atoms with Gasteiger partial charge in [0, 0.05) is 35.4 Å². The van der Waals surface area contributed by atoms with Crippen LogP contribution in [-0.4, -0.2) is 26.6 Å². The van der Waals surface area contributed by atoms with Gasteiger partial charge in [-0.05, 0) is 48.5 Å². The summed E-state index contributed by atoms with van der Waals surface area (Å²) in [6.45, 7) is 0. The number of nitrogens with one attached hydrogen (secondary N) is 1. The number of hydrogen-bond acceptors (Lipinski definition) is 4. The van der Waals surface area contributed by atoms with Crippen molar-refractivity contribution in [1.29, 1.82) is 0 Å². The first-order chi connectivity index (χ1) is 14.1. The molecule has 29 heavy (non-hydrogen) atoms. The predicted octanol–water partition coefficient (Wildman–Crippen LogP) is 3.29. The average molecular weight is 383 g/mol. The number of carbonyl (C=O) groups is 2. The van der Waals surface area contributed by atoms with Gasteiger partial charge in [0.2, 0.25) is 5.91 Å². The van der Waals surface area contributed by atoms with Gasteiger partial charge in [-0.1, -0.05) is 18.2 Å². The van der Waals surface area contributed by atoms with E-state index >= 15 is 0 Å². The van der Waals surface area contributed by atoms with Crippen molar-refractivity contribution >= 4 is 17.5 Å². The number of carbonyl (C=O) groups excluding carboxylic acids is 2. The summed E-state index contributed by atoms with van der Waals surface area (Å²) in [6.07, 6.45) is 5.01. The normalized spacial score (nSPS) is 10.5. The lowest BCUT2D eigenvalue weighted by atomic mass is 10.1. The third kappa shape index (κ3) is 3.89. The fraction of sp³-hybridized carbons (Fsp3) is 0. The average Bonchev–Trinajstić information content (AvgIpc) is 3.21. The second-order valence-corrected chi connectivity index (χ2v) is 6.31. The van der Waals surface area contributed by atoms with Crippen LogP contribution in [0.2, 0.25) is 0 Å². The topological polar surface area (TPSA) is 103 Å². The second kappa shape index (κ2) is 7.77. The molecule has 7 heteroatoms. The molecule has 3 N–H and O–H groups in total. The molecular weight excluding hydrogens is 366 g/mol. The fourth-order valence-electron chi connectivity index (χ4n) is 2.89. The molecule has 0 aliphatic carbocycles. The smallest absolute Gasteiger partial charge is 0.259 e. The van der Waals surface area contributed by atoms with Crippen molar-refractivity contribution < 1.29 is 9.59 Å². The van der Waals surface area contributed by atoms with Crippen LogP contribution in [0, 0.1) is 0 Å². The number of pyridine rings is 1. The molecule has 0 fully saturated rings. The molecule has 4 rings (SSSR count). The molecule has 0 aliphatic heterocycles. The number of primary amides is 1. The lowest BCUT2D eigenvalue weighted by Crippen LogP contribution is -2.13. The zero-order valence-electron chi connectivity index (χ0n) is 15.3. The predicted molar refractivity (Wildman–Crippen MR) is 110 cm³/mol. The lowest BCUT2D eigenvalue weighted by Gasteiger charge is -2.06. The molecule has 0 saturated carbocycles. The van der Waals surface area contributed by atoms with E-state index in [9.17, 15) is 9.59 Å². The number of nitrogens with zero attached hydrogens (tertiary/aromatic N) is 3. The number of hydrogen-bond donors (Lipinski definition) is 2. The summed E-state index contributed by atoms with van der Waals surface area (Å²) in [5.74, 6) is -0.844. The number of anilines is 1. The molecule has 0 aliphatic rings. The summed E-state index contributed by atoms with van der Waals surface area (Å²) in [7, 11) is 0. The maximum atomic E-state index is 13.0. The Hall–Kier alpha value is -4.26. The van der Waals surface area contributed by atoms with Crippen molar-refractivity contribution in [2.24, 2.45) is 5.73 Å². The summed E-state index contributed by atoms with van der Waals surface area (Å²) < 4.78 is 1.66. The van der Waals surface area contributed by atoms with Crippen molar-refractivity contribution in [3.05, 3.63) is 96.4 Å². The third-order valence-electron chi connectivity index (χ3n) is 4.34. The Morgan fingerprint density at radius 3 is 2.34 bits per heavy atom. The highest BCUT2D eigenvalue weighted by molar-refractivity contribution is 6.08. The molecule has 0 saturated heterocycles. The zero-order chi connectivity index (χ0) is 20.2. The van der Waals surface area contributed by atoms with Crippen molar-refractivity contribution in [2.45, 2.75) is 0 Å². The maximum Gasteiger partial charge on any atom is 0.259 e. The number of aromatic nitrogens is 3. The van der Waals surface area contributed by atoms with Crippen molar-refractivity contribution in [2.75, 3.05) is 5.32 Å². The second-order valence-electron chi connectivity index (χ2n) is 6.31. The van der Waals surface area contributed by atoms with Gasteiger partial charge in [0.15, 0.2) is 0 Å². The molecule has 2 aromatic carbocycles. The Kier molecular flexibility index (Phi) is 4.86. The number of para-hydroxylation sites is 1. The highest BCUT2D eigenvalue weighted by atomic mass is 16.2. The Labute approximate surface area is 166 Å². The Morgan fingerprint density at radius 2 is 1.69 bits per heavy atom. The van der Waals surface area contributed by atoms with Gasteiger partial charge in [-0.15, -0.1) is 0 Å². The van der Waals surface area contributed by atoms with Gasteiger partial charge in [-0.3, -0.25) is 14.6 Å². The van der Waals surface area contributed by atoms with Gasteiger partial charge in [-0.25, -0.2) is 4.68 Å². The molecule has 2 heterocycles. The molecule has 0 bridgehead atoms.